The molecule has 1 aromatic heterocycles. The number of carbonyl (C=O) groups excluding carboxylic acids is 1. The second-order valence-corrected chi connectivity index (χ2v) is 4.19. The molecular weight excluding hydrogens is 268 g/mol. The predicted molar refractivity (Wildman–Crippen MR) is 73.2 cm³/mol. The van der Waals surface area contributed by atoms with Crippen molar-refractivity contribution in [1.29, 1.82) is 0 Å². The molecule has 98 valence electrons. The lowest BCUT2D eigenvalue weighted by molar-refractivity contribution is -0.137. The van der Waals surface area contributed by atoms with Gasteiger partial charge in [0.15, 0.2) is 0 Å². The molecule has 0 aliphatic rings. The average molecular weight is 279 g/mol. The van der Waals surface area contributed by atoms with E-state index in [0.717, 1.165) is 0 Å². The summed E-state index contributed by atoms with van der Waals surface area (Å²) in [7, 11) is 0. The Balaban J connectivity index is 2.41. The second-order valence-electron chi connectivity index (χ2n) is 3.76. The Bertz CT molecular complexity index is 700. The van der Waals surface area contributed by atoms with Crippen LogP contribution in [-0.2, 0) is 9.53 Å². The van der Waals surface area contributed by atoms with Crippen molar-refractivity contribution >= 4 is 34.6 Å². The van der Waals surface area contributed by atoms with Crippen LogP contribution >= 0.6 is 11.6 Å². The molecule has 0 aliphatic carbocycles. The molecule has 0 saturated heterocycles. The Kier molecular flexibility index (Phi) is 4.02. The van der Waals surface area contributed by atoms with Crippen LogP contribution in [0.5, 0.6) is 0 Å². The van der Waals surface area contributed by atoms with E-state index in [2.05, 4.69) is 0 Å². The van der Waals surface area contributed by atoms with Crippen molar-refractivity contribution in [3.63, 3.8) is 0 Å². The Morgan fingerprint density at radius 2 is 2.21 bits per heavy atom. The molecule has 2 rings (SSSR count). The van der Waals surface area contributed by atoms with E-state index < -0.39 is 11.6 Å². The number of esters is 1. The third-order valence-electron chi connectivity index (χ3n) is 2.41. The van der Waals surface area contributed by atoms with E-state index in [1.807, 2.05) is 0 Å². The van der Waals surface area contributed by atoms with Gasteiger partial charge in [-0.3, -0.25) is 0 Å². The number of halogens is 1. The fraction of sp³-hybridized carbons (Fsp3) is 0.143. The SMILES string of the molecule is CCOC(=O)/C=C/c1cc2cc(Cl)ccc2oc1=O. The zero-order valence-corrected chi connectivity index (χ0v) is 10.9. The average Bonchev–Trinajstić information content (AvgIpc) is 2.37. The molecule has 1 heterocycles. The topological polar surface area (TPSA) is 56.5 Å². The zero-order chi connectivity index (χ0) is 13.8. The van der Waals surface area contributed by atoms with Crippen molar-refractivity contribution in [3.05, 3.63) is 51.3 Å². The summed E-state index contributed by atoms with van der Waals surface area (Å²) in [6.45, 7) is 1.99. The Morgan fingerprint density at radius 1 is 1.42 bits per heavy atom. The minimum atomic E-state index is -0.518. The molecule has 0 fully saturated rings. The smallest absolute Gasteiger partial charge is 0.343 e. The van der Waals surface area contributed by atoms with E-state index in [-0.39, 0.29) is 12.2 Å². The highest BCUT2D eigenvalue weighted by Gasteiger charge is 2.04. The van der Waals surface area contributed by atoms with Crippen molar-refractivity contribution in [1.82, 2.24) is 0 Å². The van der Waals surface area contributed by atoms with Gasteiger partial charge in [0.05, 0.1) is 12.2 Å². The molecule has 0 aliphatic heterocycles. The maximum Gasteiger partial charge on any atom is 0.343 e. The van der Waals surface area contributed by atoms with Crippen LogP contribution < -0.4 is 5.63 Å². The van der Waals surface area contributed by atoms with Crippen molar-refractivity contribution in [3.8, 4) is 0 Å². The first-order valence-corrected chi connectivity index (χ1v) is 6.06. The van der Waals surface area contributed by atoms with Crippen LogP contribution in [-0.4, -0.2) is 12.6 Å². The maximum atomic E-state index is 11.7. The largest absolute Gasteiger partial charge is 0.463 e. The fourth-order valence-corrected chi connectivity index (χ4v) is 1.76. The molecule has 0 unspecified atom stereocenters. The van der Waals surface area contributed by atoms with E-state index in [4.69, 9.17) is 20.8 Å². The molecule has 2 aromatic rings. The van der Waals surface area contributed by atoms with Crippen LogP contribution in [0.25, 0.3) is 17.0 Å². The van der Waals surface area contributed by atoms with E-state index in [9.17, 15) is 9.59 Å². The Hall–Kier alpha value is -2.07. The molecule has 1 aromatic carbocycles. The van der Waals surface area contributed by atoms with Gasteiger partial charge in [0.1, 0.15) is 5.58 Å². The molecule has 4 nitrogen and oxygen atoms in total. The van der Waals surface area contributed by atoms with Crippen LogP contribution in [0.2, 0.25) is 5.02 Å². The first kappa shape index (κ1) is 13.4. The minimum Gasteiger partial charge on any atom is -0.463 e. The number of hydrogen-bond donors (Lipinski definition) is 0. The fourth-order valence-electron chi connectivity index (χ4n) is 1.57. The summed E-state index contributed by atoms with van der Waals surface area (Å²) < 4.78 is 9.85. The molecule has 5 heteroatoms. The molecule has 0 saturated carbocycles. The summed E-state index contributed by atoms with van der Waals surface area (Å²) in [4.78, 5) is 22.9. The summed E-state index contributed by atoms with van der Waals surface area (Å²) in [5.74, 6) is -0.506. The molecule has 0 spiro atoms. The molecule has 0 atom stereocenters. The van der Waals surface area contributed by atoms with Crippen molar-refractivity contribution < 1.29 is 13.9 Å². The standard InChI is InChI=1S/C14H11ClO4/c1-2-18-13(16)6-3-9-7-10-8-11(15)4-5-12(10)19-14(9)17/h3-8H,2H2,1H3/b6-3+. The van der Waals surface area contributed by atoms with Crippen LogP contribution in [0.3, 0.4) is 0 Å². The second kappa shape index (κ2) is 5.71. The van der Waals surface area contributed by atoms with Gasteiger partial charge in [-0.25, -0.2) is 9.59 Å². The van der Waals surface area contributed by atoms with Gasteiger partial charge in [-0.2, -0.15) is 0 Å². The van der Waals surface area contributed by atoms with Crippen molar-refractivity contribution in [2.75, 3.05) is 6.61 Å². The van der Waals surface area contributed by atoms with Gasteiger partial charge >= 0.3 is 11.6 Å². The lowest BCUT2D eigenvalue weighted by Crippen LogP contribution is -2.04. The third kappa shape index (κ3) is 3.23. The van der Waals surface area contributed by atoms with Crippen LogP contribution in [0.1, 0.15) is 12.5 Å². The molecule has 0 amide bonds. The molecule has 19 heavy (non-hydrogen) atoms. The number of carbonyl (C=O) groups is 1. The molecule has 0 radical (unpaired) electrons. The summed E-state index contributed by atoms with van der Waals surface area (Å²) in [5.41, 5.74) is 0.195. The van der Waals surface area contributed by atoms with Gasteiger partial charge < -0.3 is 9.15 Å². The zero-order valence-electron chi connectivity index (χ0n) is 10.2. The molecular formula is C14H11ClO4. The number of fused-ring (bicyclic) bond motifs is 1. The first-order valence-electron chi connectivity index (χ1n) is 5.68. The lowest BCUT2D eigenvalue weighted by atomic mass is 10.2. The van der Waals surface area contributed by atoms with Crippen LogP contribution in [0.4, 0.5) is 0 Å². The van der Waals surface area contributed by atoms with E-state index >= 15 is 0 Å². The van der Waals surface area contributed by atoms with Gasteiger partial charge in [0.2, 0.25) is 0 Å². The Morgan fingerprint density at radius 3 is 2.95 bits per heavy atom. The lowest BCUT2D eigenvalue weighted by Gasteiger charge is -1.99. The summed E-state index contributed by atoms with van der Waals surface area (Å²) in [6, 6.07) is 6.56. The first-order chi connectivity index (χ1) is 9.10. The van der Waals surface area contributed by atoms with Gasteiger partial charge in [-0.1, -0.05) is 11.6 Å². The van der Waals surface area contributed by atoms with Crippen LogP contribution in [0, 0.1) is 0 Å². The number of hydrogen-bond acceptors (Lipinski definition) is 4. The summed E-state index contributed by atoms with van der Waals surface area (Å²) >= 11 is 5.87. The highest BCUT2D eigenvalue weighted by atomic mass is 35.5. The highest BCUT2D eigenvalue weighted by molar-refractivity contribution is 6.31. The summed E-state index contributed by atoms with van der Waals surface area (Å²) in [6.07, 6.45) is 2.55. The third-order valence-corrected chi connectivity index (χ3v) is 2.64. The molecule has 0 N–H and O–H groups in total. The van der Waals surface area contributed by atoms with Crippen molar-refractivity contribution in [2.45, 2.75) is 6.92 Å². The number of rotatable bonds is 3. The van der Waals surface area contributed by atoms with E-state index in [0.29, 0.717) is 16.0 Å². The van der Waals surface area contributed by atoms with Crippen LogP contribution in [0.15, 0.2) is 39.6 Å². The monoisotopic (exact) mass is 278 g/mol. The number of ether oxygens (including phenoxy) is 1. The van der Waals surface area contributed by atoms with Crippen molar-refractivity contribution in [2.24, 2.45) is 0 Å². The van der Waals surface area contributed by atoms with E-state index in [1.54, 1.807) is 31.2 Å². The minimum absolute atomic E-state index is 0.266. The normalized spacial score (nSPS) is 11.1. The quantitative estimate of drug-likeness (QED) is 0.492. The Labute approximate surface area is 114 Å². The van der Waals surface area contributed by atoms with Gasteiger partial charge in [0.25, 0.3) is 0 Å². The molecule has 0 bridgehead atoms. The maximum absolute atomic E-state index is 11.7. The summed E-state index contributed by atoms with van der Waals surface area (Å²) in [5, 5.41) is 1.23. The highest BCUT2D eigenvalue weighted by Crippen LogP contribution is 2.19. The van der Waals surface area contributed by atoms with Gasteiger partial charge in [-0.15, -0.1) is 0 Å². The van der Waals surface area contributed by atoms with Gasteiger partial charge in [-0.05, 0) is 37.3 Å². The number of benzene rings is 1. The van der Waals surface area contributed by atoms with Gasteiger partial charge in [0, 0.05) is 16.5 Å². The van der Waals surface area contributed by atoms with E-state index in [1.165, 1.54) is 12.2 Å². The predicted octanol–water partition coefficient (Wildman–Crippen LogP) is 3.02.